The van der Waals surface area contributed by atoms with Gasteiger partial charge in [-0.2, -0.15) is 0 Å². The molecule has 0 radical (unpaired) electrons. The Morgan fingerprint density at radius 1 is 1.14 bits per heavy atom. The molecular formula is C30H36ClN3O2S. The highest BCUT2D eigenvalue weighted by atomic mass is 35.5. The molecule has 0 saturated carbocycles. The van der Waals surface area contributed by atoms with E-state index < -0.39 is 0 Å². The number of fused-ring (bicyclic) bond motifs is 1. The number of nitrogens with zero attached hydrogens (tertiary/aromatic N) is 2. The Morgan fingerprint density at radius 3 is 2.57 bits per heavy atom. The highest BCUT2D eigenvalue weighted by Gasteiger charge is 2.33. The van der Waals surface area contributed by atoms with Crippen LogP contribution in [0.1, 0.15) is 73.5 Å². The summed E-state index contributed by atoms with van der Waals surface area (Å²) in [7, 11) is 0. The number of anilines is 2. The van der Waals surface area contributed by atoms with Gasteiger partial charge in [0, 0.05) is 34.7 Å². The average Bonchev–Trinajstić information content (AvgIpc) is 3.48. The first-order chi connectivity index (χ1) is 17.7. The number of piperidine rings is 1. The van der Waals surface area contributed by atoms with Gasteiger partial charge in [-0.25, -0.2) is 4.99 Å². The van der Waals surface area contributed by atoms with Crippen LogP contribution in [0.5, 0.6) is 0 Å². The van der Waals surface area contributed by atoms with Crippen molar-refractivity contribution in [3.05, 3.63) is 63.2 Å². The molecule has 1 aromatic carbocycles. The van der Waals surface area contributed by atoms with Gasteiger partial charge in [0.25, 0.3) is 5.91 Å². The maximum atomic E-state index is 13.5. The Bertz CT molecular complexity index is 1280. The summed E-state index contributed by atoms with van der Waals surface area (Å²) in [5, 5.41) is 4.44. The topological polar surface area (TPSA) is 57.8 Å². The molecule has 0 unspecified atom stereocenters. The number of benzene rings is 1. The van der Waals surface area contributed by atoms with Crippen molar-refractivity contribution in [3.63, 3.8) is 0 Å². The van der Waals surface area contributed by atoms with Crippen molar-refractivity contribution in [1.29, 1.82) is 0 Å². The fourth-order valence-corrected chi connectivity index (χ4v) is 6.69. The van der Waals surface area contributed by atoms with Crippen LogP contribution in [0, 0.1) is 17.3 Å². The smallest absolute Gasteiger partial charge is 0.259 e. The van der Waals surface area contributed by atoms with Crippen LogP contribution in [0.25, 0.3) is 0 Å². The second kappa shape index (κ2) is 10.7. The van der Waals surface area contributed by atoms with Crippen LogP contribution in [-0.2, 0) is 12.8 Å². The molecule has 1 aliphatic carbocycles. The third kappa shape index (κ3) is 5.96. The van der Waals surface area contributed by atoms with Crippen molar-refractivity contribution in [2.45, 2.75) is 59.8 Å². The summed E-state index contributed by atoms with van der Waals surface area (Å²) in [6.07, 6.45) is 7.09. The number of furan rings is 1. The second-order valence-electron chi connectivity index (χ2n) is 11.6. The molecule has 1 saturated heterocycles. The molecule has 1 atom stereocenters. The molecule has 2 aromatic heterocycles. The summed E-state index contributed by atoms with van der Waals surface area (Å²) in [6.45, 7) is 11.3. The van der Waals surface area contributed by atoms with Crippen molar-refractivity contribution >= 4 is 51.6 Å². The van der Waals surface area contributed by atoms with Gasteiger partial charge in [-0.05, 0) is 85.3 Å². The van der Waals surface area contributed by atoms with Crippen LogP contribution in [0.4, 0.5) is 16.6 Å². The Hall–Kier alpha value is -2.57. The molecule has 1 aliphatic heterocycles. The Labute approximate surface area is 228 Å². The van der Waals surface area contributed by atoms with Gasteiger partial charge in [0.05, 0.1) is 11.8 Å². The Balaban J connectivity index is 1.42. The molecule has 3 heterocycles. The van der Waals surface area contributed by atoms with Crippen molar-refractivity contribution in [2.75, 3.05) is 23.3 Å². The van der Waals surface area contributed by atoms with E-state index in [1.807, 2.05) is 24.3 Å². The molecule has 2 aliphatic rings. The van der Waals surface area contributed by atoms with E-state index in [4.69, 9.17) is 21.0 Å². The largest absolute Gasteiger partial charge is 0.440 e. The van der Waals surface area contributed by atoms with Gasteiger partial charge in [0.1, 0.15) is 10.8 Å². The fourth-order valence-electron chi connectivity index (χ4n) is 5.30. The van der Waals surface area contributed by atoms with Gasteiger partial charge in [-0.1, -0.05) is 39.3 Å². The number of halogens is 1. The molecule has 5 rings (SSSR count). The van der Waals surface area contributed by atoms with Gasteiger partial charge in [-0.3, -0.25) is 4.79 Å². The van der Waals surface area contributed by atoms with E-state index in [0.717, 1.165) is 60.4 Å². The van der Waals surface area contributed by atoms with Crippen LogP contribution in [0.2, 0.25) is 5.02 Å². The predicted molar refractivity (Wildman–Crippen MR) is 155 cm³/mol. The summed E-state index contributed by atoms with van der Waals surface area (Å²) in [5.74, 6) is 2.84. The number of hydrogen-bond acceptors (Lipinski definition) is 5. The summed E-state index contributed by atoms with van der Waals surface area (Å²) in [4.78, 5) is 21.9. The number of hydrogen-bond donors (Lipinski definition) is 1. The number of rotatable bonds is 5. The number of amides is 1. The Kier molecular flexibility index (Phi) is 7.51. The van der Waals surface area contributed by atoms with E-state index in [9.17, 15) is 4.79 Å². The number of carbonyl (C=O) groups excluding carboxylic acids is 1. The molecule has 196 valence electrons. The summed E-state index contributed by atoms with van der Waals surface area (Å²) >= 11 is 7.68. The number of nitrogens with one attached hydrogen (secondary N) is 1. The van der Waals surface area contributed by atoms with E-state index in [0.29, 0.717) is 22.3 Å². The van der Waals surface area contributed by atoms with Crippen LogP contribution in [0.15, 0.2) is 45.8 Å². The van der Waals surface area contributed by atoms with Gasteiger partial charge in [-0.15, -0.1) is 11.3 Å². The van der Waals surface area contributed by atoms with Crippen LogP contribution < -0.4 is 10.2 Å². The summed E-state index contributed by atoms with van der Waals surface area (Å²) < 4.78 is 6.12. The minimum atomic E-state index is -0.122. The fraction of sp³-hybridized carbons (Fsp3) is 0.467. The highest BCUT2D eigenvalue weighted by molar-refractivity contribution is 7.16. The SMILES string of the molecule is CC1CCN(c2ccc(C=Nc3sc4c(c3C(=O)Nc3ccc(Cl)cc3)CC[C@H](C(C)(C)C)C4)o2)CC1. The van der Waals surface area contributed by atoms with E-state index >= 15 is 0 Å². The standard InChI is InChI=1S/C30H36ClN3O2S/c1-19-13-15-34(16-14-19)26-12-10-23(36-26)18-32-29-27(28(35)33-22-8-6-21(31)7-9-22)24-11-5-20(30(2,3)4)17-25(24)37-29/h6-10,12,18-20H,5,11,13-17H2,1-4H3,(H,33,35)/t20-/m0/s1. The van der Waals surface area contributed by atoms with Gasteiger partial charge in [0.2, 0.25) is 0 Å². The van der Waals surface area contributed by atoms with Crippen LogP contribution in [-0.4, -0.2) is 25.2 Å². The average molecular weight is 538 g/mol. The second-order valence-corrected chi connectivity index (χ2v) is 13.1. The normalized spacial score (nSPS) is 18.8. The van der Waals surface area contributed by atoms with Gasteiger partial charge in [0.15, 0.2) is 5.88 Å². The van der Waals surface area contributed by atoms with Gasteiger partial charge < -0.3 is 14.6 Å². The highest BCUT2D eigenvalue weighted by Crippen LogP contribution is 2.45. The number of aliphatic imine (C=N–C) groups is 1. The zero-order chi connectivity index (χ0) is 26.2. The van der Waals surface area contributed by atoms with Crippen molar-refractivity contribution < 1.29 is 9.21 Å². The zero-order valence-electron chi connectivity index (χ0n) is 22.1. The van der Waals surface area contributed by atoms with Crippen molar-refractivity contribution in [3.8, 4) is 0 Å². The van der Waals surface area contributed by atoms with Gasteiger partial charge >= 0.3 is 0 Å². The molecule has 37 heavy (non-hydrogen) atoms. The number of thiophene rings is 1. The van der Waals surface area contributed by atoms with Crippen molar-refractivity contribution in [2.24, 2.45) is 22.2 Å². The third-order valence-electron chi connectivity index (χ3n) is 7.82. The molecule has 3 aromatic rings. The molecule has 7 heteroatoms. The maximum Gasteiger partial charge on any atom is 0.259 e. The van der Waals surface area contributed by atoms with E-state index in [1.54, 1.807) is 29.7 Å². The van der Waals surface area contributed by atoms with E-state index in [2.05, 4.69) is 37.9 Å². The first-order valence-corrected chi connectivity index (χ1v) is 14.5. The first-order valence-electron chi connectivity index (χ1n) is 13.3. The summed E-state index contributed by atoms with van der Waals surface area (Å²) in [5.41, 5.74) is 2.79. The lowest BCUT2D eigenvalue weighted by Crippen LogP contribution is -2.32. The third-order valence-corrected chi connectivity index (χ3v) is 9.23. The van der Waals surface area contributed by atoms with Crippen LogP contribution >= 0.6 is 22.9 Å². The zero-order valence-corrected chi connectivity index (χ0v) is 23.7. The molecule has 1 N–H and O–H groups in total. The molecule has 5 nitrogen and oxygen atoms in total. The monoisotopic (exact) mass is 537 g/mol. The molecular weight excluding hydrogens is 502 g/mol. The van der Waals surface area contributed by atoms with E-state index in [1.165, 1.54) is 17.7 Å². The lowest BCUT2D eigenvalue weighted by Gasteiger charge is -2.33. The first kappa shape index (κ1) is 26.1. The number of carbonyl (C=O) groups is 1. The maximum absolute atomic E-state index is 13.5. The quantitative estimate of drug-likeness (QED) is 0.332. The lowest BCUT2D eigenvalue weighted by molar-refractivity contribution is 0.102. The molecule has 0 spiro atoms. The molecule has 1 fully saturated rings. The lowest BCUT2D eigenvalue weighted by atomic mass is 9.72. The van der Waals surface area contributed by atoms with E-state index in [-0.39, 0.29) is 11.3 Å². The minimum Gasteiger partial charge on any atom is -0.440 e. The van der Waals surface area contributed by atoms with Crippen LogP contribution in [0.3, 0.4) is 0 Å². The predicted octanol–water partition coefficient (Wildman–Crippen LogP) is 8.38. The van der Waals surface area contributed by atoms with Crippen molar-refractivity contribution in [1.82, 2.24) is 0 Å². The summed E-state index contributed by atoms with van der Waals surface area (Å²) in [6, 6.07) is 11.2. The molecule has 1 amide bonds. The molecule has 0 bridgehead atoms. The minimum absolute atomic E-state index is 0.122. The Morgan fingerprint density at radius 2 is 1.86 bits per heavy atom.